The lowest BCUT2D eigenvalue weighted by Gasteiger charge is -2.39. The third-order valence-corrected chi connectivity index (χ3v) is 5.69. The van der Waals surface area contributed by atoms with E-state index in [2.05, 4.69) is 78.9 Å². The number of fused-ring (bicyclic) bond motifs is 9. The van der Waals surface area contributed by atoms with Gasteiger partial charge < -0.3 is 4.74 Å². The largest absolute Gasteiger partial charge is 0.457 e. The molecule has 26 heavy (non-hydrogen) atoms. The smallest absolute Gasteiger partial charge is 0.132 e. The second-order valence-electron chi connectivity index (χ2n) is 6.86. The summed E-state index contributed by atoms with van der Waals surface area (Å²) in [6.45, 7) is 0. The molecule has 2 aliphatic rings. The normalized spacial score (nSPS) is 14.8. The van der Waals surface area contributed by atoms with E-state index >= 15 is 0 Å². The lowest BCUT2D eigenvalue weighted by Crippen LogP contribution is -2.32. The molecule has 1 aliphatic carbocycles. The van der Waals surface area contributed by atoms with Gasteiger partial charge in [-0.3, -0.25) is 0 Å². The fourth-order valence-electron chi connectivity index (χ4n) is 4.74. The summed E-state index contributed by atoms with van der Waals surface area (Å²) in [6, 6.07) is 35.2. The van der Waals surface area contributed by atoms with Crippen LogP contribution < -0.4 is 4.74 Å². The Morgan fingerprint density at radius 1 is 0.577 bits per heavy atom. The van der Waals surface area contributed by atoms with Crippen LogP contribution in [0.4, 0.5) is 0 Å². The van der Waals surface area contributed by atoms with Crippen molar-refractivity contribution in [3.63, 3.8) is 0 Å². The van der Waals surface area contributed by atoms with Crippen LogP contribution in [0.25, 0.3) is 11.1 Å². The van der Waals surface area contributed by atoms with Crippen molar-refractivity contribution in [3.8, 4) is 22.6 Å². The van der Waals surface area contributed by atoms with Crippen LogP contribution in [0.2, 0.25) is 0 Å². The molecule has 0 fully saturated rings. The molecular formula is C25H15O. The number of para-hydroxylation sites is 1. The first-order chi connectivity index (χ1) is 12.9. The lowest BCUT2D eigenvalue weighted by atomic mass is 9.66. The van der Waals surface area contributed by atoms with Crippen LogP contribution in [-0.2, 0) is 5.41 Å². The van der Waals surface area contributed by atoms with Crippen molar-refractivity contribution in [1.82, 2.24) is 0 Å². The van der Waals surface area contributed by atoms with Crippen molar-refractivity contribution < 1.29 is 4.74 Å². The molecule has 4 aromatic carbocycles. The summed E-state index contributed by atoms with van der Waals surface area (Å²) < 4.78 is 6.27. The van der Waals surface area contributed by atoms with E-state index < -0.39 is 0 Å². The SMILES string of the molecule is [c]1ccc2c(c1)C1(c3ccccc3O2)c2ccccc2-c2ccccc21. The standard InChI is InChI=1S/C25H15O/c1-3-11-19-17(9-1)18-10-2-4-12-20(18)25(19)21-13-5-7-15-23(21)26-24-16-8-6-14-22(24)25/h1-5,7-16H. The van der Waals surface area contributed by atoms with Gasteiger partial charge in [-0.15, -0.1) is 0 Å². The van der Waals surface area contributed by atoms with Gasteiger partial charge in [0.15, 0.2) is 0 Å². The average molecular weight is 331 g/mol. The van der Waals surface area contributed by atoms with Crippen LogP contribution >= 0.6 is 0 Å². The van der Waals surface area contributed by atoms with Gasteiger partial charge in [0.2, 0.25) is 0 Å². The van der Waals surface area contributed by atoms with E-state index in [9.17, 15) is 0 Å². The van der Waals surface area contributed by atoms with Gasteiger partial charge in [-0.2, -0.15) is 0 Å². The minimum atomic E-state index is -0.352. The minimum absolute atomic E-state index is 0.352. The predicted octanol–water partition coefficient (Wildman–Crippen LogP) is 5.96. The molecule has 1 heterocycles. The Kier molecular flexibility index (Phi) is 2.60. The summed E-state index contributed by atoms with van der Waals surface area (Å²) in [4.78, 5) is 0. The Balaban J connectivity index is 1.87. The molecule has 0 aromatic heterocycles. The lowest BCUT2D eigenvalue weighted by molar-refractivity contribution is 0.436. The van der Waals surface area contributed by atoms with E-state index in [1.807, 2.05) is 18.2 Å². The topological polar surface area (TPSA) is 9.23 Å². The first-order valence-corrected chi connectivity index (χ1v) is 8.88. The predicted molar refractivity (Wildman–Crippen MR) is 103 cm³/mol. The highest BCUT2D eigenvalue weighted by Crippen LogP contribution is 2.61. The highest BCUT2D eigenvalue weighted by molar-refractivity contribution is 5.88. The molecule has 1 radical (unpaired) electrons. The van der Waals surface area contributed by atoms with Gasteiger partial charge in [0, 0.05) is 11.1 Å². The number of benzene rings is 4. The molecule has 0 saturated carbocycles. The molecular weight excluding hydrogens is 316 g/mol. The fourth-order valence-corrected chi connectivity index (χ4v) is 4.74. The Hall–Kier alpha value is -3.32. The Bertz CT molecular complexity index is 1080. The minimum Gasteiger partial charge on any atom is -0.457 e. The molecule has 1 heteroatoms. The highest BCUT2D eigenvalue weighted by Gasteiger charge is 2.50. The molecule has 6 rings (SSSR count). The van der Waals surface area contributed by atoms with Gasteiger partial charge in [-0.1, -0.05) is 72.8 Å². The summed E-state index contributed by atoms with van der Waals surface area (Å²) in [5, 5.41) is 0. The maximum Gasteiger partial charge on any atom is 0.132 e. The zero-order chi connectivity index (χ0) is 17.1. The maximum absolute atomic E-state index is 6.27. The molecule has 1 nitrogen and oxygen atoms in total. The van der Waals surface area contributed by atoms with Crippen LogP contribution in [0.1, 0.15) is 22.3 Å². The van der Waals surface area contributed by atoms with E-state index in [0.717, 1.165) is 17.1 Å². The molecule has 4 aromatic rings. The average Bonchev–Trinajstić information content (AvgIpc) is 3.00. The van der Waals surface area contributed by atoms with Crippen LogP contribution in [0.3, 0.4) is 0 Å². The van der Waals surface area contributed by atoms with Crippen molar-refractivity contribution >= 4 is 0 Å². The van der Waals surface area contributed by atoms with Gasteiger partial charge in [0.05, 0.1) is 5.41 Å². The number of rotatable bonds is 0. The van der Waals surface area contributed by atoms with Gasteiger partial charge >= 0.3 is 0 Å². The quantitative estimate of drug-likeness (QED) is 0.334. The van der Waals surface area contributed by atoms with E-state index in [4.69, 9.17) is 4.74 Å². The maximum atomic E-state index is 6.27. The zero-order valence-corrected chi connectivity index (χ0v) is 14.1. The summed E-state index contributed by atoms with van der Waals surface area (Å²) in [5.41, 5.74) is 7.25. The van der Waals surface area contributed by atoms with Gasteiger partial charge in [-0.25, -0.2) is 0 Å². The van der Waals surface area contributed by atoms with Crippen molar-refractivity contribution in [2.45, 2.75) is 5.41 Å². The summed E-state index contributed by atoms with van der Waals surface area (Å²) in [6.07, 6.45) is 0. The molecule has 1 aliphatic heterocycles. The van der Waals surface area contributed by atoms with E-state index in [0.29, 0.717) is 0 Å². The number of ether oxygens (including phenoxy) is 1. The highest BCUT2D eigenvalue weighted by atomic mass is 16.5. The monoisotopic (exact) mass is 331 g/mol. The Morgan fingerprint density at radius 3 is 1.88 bits per heavy atom. The molecule has 0 N–H and O–H groups in total. The summed E-state index contributed by atoms with van der Waals surface area (Å²) in [7, 11) is 0. The number of hydrogen-bond acceptors (Lipinski definition) is 1. The van der Waals surface area contributed by atoms with Gasteiger partial charge in [0.1, 0.15) is 11.5 Å². The third kappa shape index (κ3) is 1.52. The fraction of sp³-hybridized carbons (Fsp3) is 0.0400. The van der Waals surface area contributed by atoms with Crippen molar-refractivity contribution in [3.05, 3.63) is 119 Å². The van der Waals surface area contributed by atoms with Gasteiger partial charge in [-0.05, 0) is 46.5 Å². The van der Waals surface area contributed by atoms with Crippen LogP contribution in [-0.4, -0.2) is 0 Å². The first-order valence-electron chi connectivity index (χ1n) is 8.88. The molecule has 0 atom stereocenters. The van der Waals surface area contributed by atoms with Crippen molar-refractivity contribution in [2.75, 3.05) is 0 Å². The van der Waals surface area contributed by atoms with E-state index in [1.165, 1.54) is 27.8 Å². The second-order valence-corrected chi connectivity index (χ2v) is 6.86. The second kappa shape index (κ2) is 4.86. The zero-order valence-electron chi connectivity index (χ0n) is 14.1. The van der Waals surface area contributed by atoms with Crippen LogP contribution in [0.5, 0.6) is 11.5 Å². The Morgan fingerprint density at radius 2 is 1.15 bits per heavy atom. The summed E-state index contributed by atoms with van der Waals surface area (Å²) >= 11 is 0. The molecule has 0 amide bonds. The summed E-state index contributed by atoms with van der Waals surface area (Å²) in [5.74, 6) is 1.84. The van der Waals surface area contributed by atoms with Crippen LogP contribution in [0.15, 0.2) is 91.0 Å². The van der Waals surface area contributed by atoms with Gasteiger partial charge in [0.25, 0.3) is 0 Å². The first kappa shape index (κ1) is 13.9. The third-order valence-electron chi connectivity index (χ3n) is 5.69. The number of hydrogen-bond donors (Lipinski definition) is 0. The van der Waals surface area contributed by atoms with E-state index in [1.54, 1.807) is 0 Å². The molecule has 121 valence electrons. The molecule has 1 spiro atoms. The Labute approximate surface area is 152 Å². The molecule has 0 bridgehead atoms. The van der Waals surface area contributed by atoms with E-state index in [-0.39, 0.29) is 5.41 Å². The molecule has 0 saturated heterocycles. The molecule has 0 unspecified atom stereocenters. The van der Waals surface area contributed by atoms with Crippen molar-refractivity contribution in [2.24, 2.45) is 0 Å². The van der Waals surface area contributed by atoms with Crippen LogP contribution in [0, 0.1) is 6.07 Å². The van der Waals surface area contributed by atoms with Crippen molar-refractivity contribution in [1.29, 1.82) is 0 Å².